The summed E-state index contributed by atoms with van der Waals surface area (Å²) in [6.45, 7) is 1.72. The molecule has 1 heterocycles. The molecule has 0 spiro atoms. The molecule has 1 saturated heterocycles. The Hall–Kier alpha value is -1.91. The molecule has 0 saturated carbocycles. The van der Waals surface area contributed by atoms with E-state index in [-0.39, 0.29) is 0 Å². The Balaban J connectivity index is 2.46. The summed E-state index contributed by atoms with van der Waals surface area (Å²) in [5, 5.41) is 2.08. The summed E-state index contributed by atoms with van der Waals surface area (Å²) >= 11 is 0. The average molecular weight is 223 g/mol. The molecule has 0 aromatic heterocycles. The number of alkyl carbamates (subject to hydrolysis) is 1. The molecule has 0 aliphatic carbocycles. The van der Waals surface area contributed by atoms with Crippen LogP contribution in [0.15, 0.2) is 24.3 Å². The number of cyclic esters (lactones) is 1. The second-order valence-corrected chi connectivity index (χ2v) is 3.53. The molecule has 1 unspecified atom stereocenters. The largest absolute Gasteiger partial charge is 0.428 e. The number of halogens is 1. The summed E-state index contributed by atoms with van der Waals surface area (Å²) in [6, 6.07) is 5.34. The second-order valence-electron chi connectivity index (χ2n) is 3.53. The van der Waals surface area contributed by atoms with E-state index in [0.717, 1.165) is 0 Å². The zero-order valence-corrected chi connectivity index (χ0v) is 8.62. The standard InChI is InChI=1S/C11H10FNO3/c1-2-11(9(14)13-10(15)16-11)7-3-5-8(12)6-4-7/h3-6H,2H2,1H3,(H,13,14,15). The molecule has 2 rings (SSSR count). The highest BCUT2D eigenvalue weighted by molar-refractivity contribution is 6.03. The van der Waals surface area contributed by atoms with Gasteiger partial charge in [-0.05, 0) is 18.6 Å². The van der Waals surface area contributed by atoms with Gasteiger partial charge in [0.2, 0.25) is 5.60 Å². The van der Waals surface area contributed by atoms with Gasteiger partial charge < -0.3 is 4.74 Å². The fourth-order valence-electron chi connectivity index (χ4n) is 1.77. The van der Waals surface area contributed by atoms with E-state index in [2.05, 4.69) is 5.32 Å². The van der Waals surface area contributed by atoms with Gasteiger partial charge in [0.05, 0.1) is 0 Å². The lowest BCUT2D eigenvalue weighted by Crippen LogP contribution is -2.35. The minimum absolute atomic E-state index is 0.302. The molecule has 1 aliphatic heterocycles. The zero-order valence-electron chi connectivity index (χ0n) is 8.62. The highest BCUT2D eigenvalue weighted by Gasteiger charge is 2.48. The van der Waals surface area contributed by atoms with Crippen LogP contribution in [-0.2, 0) is 15.1 Å². The topological polar surface area (TPSA) is 55.4 Å². The van der Waals surface area contributed by atoms with Gasteiger partial charge in [-0.3, -0.25) is 10.1 Å². The lowest BCUT2D eigenvalue weighted by molar-refractivity contribution is -0.132. The van der Waals surface area contributed by atoms with Crippen molar-refractivity contribution in [1.82, 2.24) is 5.32 Å². The molecular weight excluding hydrogens is 213 g/mol. The van der Waals surface area contributed by atoms with Crippen LogP contribution in [0.3, 0.4) is 0 Å². The maximum Gasteiger partial charge on any atom is 0.415 e. The van der Waals surface area contributed by atoms with Crippen LogP contribution in [0, 0.1) is 5.82 Å². The molecule has 1 aromatic rings. The number of hydrogen-bond acceptors (Lipinski definition) is 3. The third-order valence-electron chi connectivity index (χ3n) is 2.66. The molecule has 1 fully saturated rings. The van der Waals surface area contributed by atoms with Crippen LogP contribution in [-0.4, -0.2) is 12.0 Å². The van der Waals surface area contributed by atoms with Crippen molar-refractivity contribution in [3.05, 3.63) is 35.6 Å². The highest BCUT2D eigenvalue weighted by Crippen LogP contribution is 2.33. The maximum absolute atomic E-state index is 12.8. The number of rotatable bonds is 2. The molecular formula is C11H10FNO3. The molecule has 2 amide bonds. The molecule has 0 bridgehead atoms. The van der Waals surface area contributed by atoms with E-state index in [9.17, 15) is 14.0 Å². The summed E-state index contributed by atoms with van der Waals surface area (Å²) in [5.74, 6) is -0.911. The number of nitrogens with one attached hydrogen (secondary N) is 1. The van der Waals surface area contributed by atoms with Crippen LogP contribution in [0.5, 0.6) is 0 Å². The van der Waals surface area contributed by atoms with Crippen molar-refractivity contribution in [3.63, 3.8) is 0 Å². The van der Waals surface area contributed by atoms with E-state index in [4.69, 9.17) is 4.74 Å². The smallest absolute Gasteiger partial charge is 0.415 e. The number of carbonyl (C=O) groups excluding carboxylic acids is 2. The first-order valence-corrected chi connectivity index (χ1v) is 4.89. The van der Waals surface area contributed by atoms with Crippen molar-refractivity contribution in [2.45, 2.75) is 18.9 Å². The Morgan fingerprint density at radius 2 is 1.94 bits per heavy atom. The number of ether oxygens (including phenoxy) is 1. The molecule has 1 N–H and O–H groups in total. The molecule has 5 heteroatoms. The van der Waals surface area contributed by atoms with Gasteiger partial charge in [0, 0.05) is 5.56 Å². The number of carbonyl (C=O) groups is 2. The first-order valence-electron chi connectivity index (χ1n) is 4.89. The maximum atomic E-state index is 12.8. The third kappa shape index (κ3) is 1.44. The summed E-state index contributed by atoms with van der Waals surface area (Å²) in [5.41, 5.74) is -0.843. The van der Waals surface area contributed by atoms with E-state index in [1.807, 2.05) is 0 Å². The van der Waals surface area contributed by atoms with Crippen LogP contribution < -0.4 is 5.32 Å². The van der Waals surface area contributed by atoms with Gasteiger partial charge in [0.15, 0.2) is 0 Å². The molecule has 0 radical (unpaired) electrons. The summed E-state index contributed by atoms with van der Waals surface area (Å²) in [4.78, 5) is 22.7. The van der Waals surface area contributed by atoms with Crippen LogP contribution in [0.1, 0.15) is 18.9 Å². The van der Waals surface area contributed by atoms with E-state index >= 15 is 0 Å². The Morgan fingerprint density at radius 1 is 1.31 bits per heavy atom. The molecule has 4 nitrogen and oxygen atoms in total. The molecule has 16 heavy (non-hydrogen) atoms. The van der Waals surface area contributed by atoms with Crippen molar-refractivity contribution in [3.8, 4) is 0 Å². The second kappa shape index (κ2) is 3.59. The van der Waals surface area contributed by atoms with Crippen molar-refractivity contribution in [1.29, 1.82) is 0 Å². The van der Waals surface area contributed by atoms with Crippen molar-refractivity contribution >= 4 is 12.0 Å². The molecule has 84 valence electrons. The Morgan fingerprint density at radius 3 is 2.38 bits per heavy atom. The first kappa shape index (κ1) is 10.6. The Kier molecular flexibility index (Phi) is 2.38. The van der Waals surface area contributed by atoms with Gasteiger partial charge in [0.25, 0.3) is 5.91 Å². The Bertz CT molecular complexity index is 443. The zero-order chi connectivity index (χ0) is 11.8. The molecule has 1 aromatic carbocycles. The minimum Gasteiger partial charge on any atom is -0.428 e. The normalized spacial score (nSPS) is 24.1. The molecule has 1 aliphatic rings. The number of imide groups is 1. The van der Waals surface area contributed by atoms with Crippen molar-refractivity contribution in [2.24, 2.45) is 0 Å². The fraction of sp³-hybridized carbons (Fsp3) is 0.273. The molecule has 1 atom stereocenters. The third-order valence-corrected chi connectivity index (χ3v) is 2.66. The van der Waals surface area contributed by atoms with E-state index < -0.39 is 23.4 Å². The first-order chi connectivity index (χ1) is 7.58. The van der Waals surface area contributed by atoms with Crippen LogP contribution in [0.2, 0.25) is 0 Å². The van der Waals surface area contributed by atoms with Gasteiger partial charge in [-0.25, -0.2) is 9.18 Å². The lowest BCUT2D eigenvalue weighted by atomic mass is 9.90. The monoisotopic (exact) mass is 223 g/mol. The summed E-state index contributed by atoms with van der Waals surface area (Å²) in [7, 11) is 0. The minimum atomic E-state index is -1.31. The van der Waals surface area contributed by atoms with Crippen molar-refractivity contribution < 1.29 is 18.7 Å². The summed E-state index contributed by atoms with van der Waals surface area (Å²) < 4.78 is 17.8. The number of benzene rings is 1. The van der Waals surface area contributed by atoms with Crippen LogP contribution in [0.25, 0.3) is 0 Å². The van der Waals surface area contributed by atoms with Gasteiger partial charge in [-0.15, -0.1) is 0 Å². The van der Waals surface area contributed by atoms with Gasteiger partial charge in [0.1, 0.15) is 5.82 Å². The van der Waals surface area contributed by atoms with E-state index in [0.29, 0.717) is 12.0 Å². The predicted molar refractivity (Wildman–Crippen MR) is 53.0 cm³/mol. The predicted octanol–water partition coefficient (Wildman–Crippen LogP) is 1.70. The van der Waals surface area contributed by atoms with E-state index in [1.165, 1.54) is 24.3 Å². The van der Waals surface area contributed by atoms with Crippen LogP contribution in [0.4, 0.5) is 9.18 Å². The highest BCUT2D eigenvalue weighted by atomic mass is 19.1. The summed E-state index contributed by atoms with van der Waals surface area (Å²) in [6.07, 6.45) is -0.466. The number of hydrogen-bond donors (Lipinski definition) is 1. The average Bonchev–Trinajstić information content (AvgIpc) is 2.55. The number of amides is 2. The SMILES string of the molecule is CCC1(c2ccc(F)cc2)OC(=O)NC1=O. The van der Waals surface area contributed by atoms with Gasteiger partial charge >= 0.3 is 6.09 Å². The quantitative estimate of drug-likeness (QED) is 0.830. The van der Waals surface area contributed by atoms with Gasteiger partial charge in [-0.2, -0.15) is 0 Å². The Labute approximate surface area is 91.4 Å². The fourth-order valence-corrected chi connectivity index (χ4v) is 1.77. The van der Waals surface area contributed by atoms with E-state index in [1.54, 1.807) is 6.92 Å². The van der Waals surface area contributed by atoms with Crippen LogP contribution >= 0.6 is 0 Å². The van der Waals surface area contributed by atoms with Crippen molar-refractivity contribution in [2.75, 3.05) is 0 Å². The lowest BCUT2D eigenvalue weighted by Gasteiger charge is -2.22. The van der Waals surface area contributed by atoms with Gasteiger partial charge in [-0.1, -0.05) is 19.1 Å².